The summed E-state index contributed by atoms with van der Waals surface area (Å²) in [5.41, 5.74) is 10.7. The number of carbonyl (C=O) groups is 3. The molecule has 2 atom stereocenters. The van der Waals surface area contributed by atoms with E-state index in [4.69, 9.17) is 20.6 Å². The molecule has 1 spiro atoms. The Bertz CT molecular complexity index is 1650. The lowest BCUT2D eigenvalue weighted by Crippen LogP contribution is -2.50. The number of carbonyl (C=O) groups excluding carboxylic acids is 3. The Morgan fingerprint density at radius 1 is 1.09 bits per heavy atom. The van der Waals surface area contributed by atoms with Gasteiger partial charge in [0.05, 0.1) is 39.0 Å². The van der Waals surface area contributed by atoms with Crippen LogP contribution in [0.2, 0.25) is 0 Å². The molecule has 3 amide bonds. The fourth-order valence-corrected chi connectivity index (χ4v) is 7.36. The van der Waals surface area contributed by atoms with Gasteiger partial charge in [-0.25, -0.2) is 0 Å². The highest BCUT2D eigenvalue weighted by atomic mass is 32.1. The van der Waals surface area contributed by atoms with Gasteiger partial charge in [-0.3, -0.25) is 19.8 Å². The summed E-state index contributed by atoms with van der Waals surface area (Å²) in [5.74, 6) is -2.57. The van der Waals surface area contributed by atoms with Gasteiger partial charge in [0.2, 0.25) is 11.8 Å². The normalized spacial score (nSPS) is 19.8. The van der Waals surface area contributed by atoms with Crippen molar-refractivity contribution < 1.29 is 29.0 Å². The predicted octanol–water partition coefficient (Wildman–Crippen LogP) is 2.26. The molecule has 0 bridgehead atoms. The first-order valence-electron chi connectivity index (χ1n) is 14.5. The lowest BCUT2D eigenvalue weighted by atomic mass is 9.82. The molecule has 11 nitrogen and oxygen atoms in total. The zero-order valence-electron chi connectivity index (χ0n) is 24.5. The molecule has 2 aromatic carbocycles. The number of amides is 3. The molecule has 2 saturated heterocycles. The molecule has 3 heterocycles. The number of benzene rings is 2. The summed E-state index contributed by atoms with van der Waals surface area (Å²) < 4.78 is 11.6. The number of aliphatic hydroxyl groups is 1. The van der Waals surface area contributed by atoms with Crippen LogP contribution in [0.4, 0.5) is 0 Å². The highest BCUT2D eigenvalue weighted by Crippen LogP contribution is 2.48. The second-order valence-electron chi connectivity index (χ2n) is 11.9. The summed E-state index contributed by atoms with van der Waals surface area (Å²) in [4.78, 5) is 42.3. The maximum atomic E-state index is 13.5. The standard InChI is InChI=1S/C32H35N5O6S/c1-31(2)22-6-4-3-5-20(22)21-11-18(7-8-23(21)31)29(40)35-14-27(39)37-17-32(42-9-10-43-32)13-25(37)30(41)36-24(15-38)26-12-19(16-44-26)28(33)34/h3-8,11-12,16,24-25,38H,9-10,13-15,17H2,1-2H3,(H3,33,34)(H,35,40)(H,36,41)/t24?,25-/m0/s1. The highest BCUT2D eigenvalue weighted by molar-refractivity contribution is 7.10. The van der Waals surface area contributed by atoms with Crippen LogP contribution in [-0.2, 0) is 24.5 Å². The van der Waals surface area contributed by atoms with Crippen LogP contribution in [0.15, 0.2) is 53.9 Å². The van der Waals surface area contributed by atoms with Gasteiger partial charge in [0.1, 0.15) is 11.9 Å². The smallest absolute Gasteiger partial charge is 0.251 e. The number of rotatable bonds is 8. The Morgan fingerprint density at radius 3 is 2.52 bits per heavy atom. The van der Waals surface area contributed by atoms with E-state index in [2.05, 4.69) is 36.6 Å². The van der Waals surface area contributed by atoms with Gasteiger partial charge in [0.25, 0.3) is 5.91 Å². The number of nitrogens with two attached hydrogens (primary N) is 1. The van der Waals surface area contributed by atoms with Crippen molar-refractivity contribution in [1.29, 1.82) is 5.41 Å². The third-order valence-electron chi connectivity index (χ3n) is 8.75. The third kappa shape index (κ3) is 5.28. The van der Waals surface area contributed by atoms with Crippen LogP contribution in [0, 0.1) is 5.41 Å². The van der Waals surface area contributed by atoms with Crippen LogP contribution in [-0.4, -0.2) is 78.3 Å². The number of nitrogens with zero attached hydrogens (tertiary/aromatic N) is 1. The fourth-order valence-electron chi connectivity index (χ4n) is 6.41. The first kappa shape index (κ1) is 29.9. The summed E-state index contributed by atoms with van der Waals surface area (Å²) in [6, 6.07) is 13.7. The molecule has 3 aliphatic rings. The van der Waals surface area contributed by atoms with Gasteiger partial charge in [0, 0.05) is 33.2 Å². The Hall–Kier alpha value is -4.10. The van der Waals surface area contributed by atoms with Crippen molar-refractivity contribution in [3.63, 3.8) is 0 Å². The molecule has 6 N–H and O–H groups in total. The van der Waals surface area contributed by atoms with E-state index in [1.165, 1.54) is 21.8 Å². The molecule has 0 saturated carbocycles. The van der Waals surface area contributed by atoms with E-state index in [0.29, 0.717) is 29.2 Å². The van der Waals surface area contributed by atoms with Crippen molar-refractivity contribution in [3.05, 3.63) is 81.0 Å². The largest absolute Gasteiger partial charge is 0.394 e. The van der Waals surface area contributed by atoms with Gasteiger partial charge in [0.15, 0.2) is 5.79 Å². The van der Waals surface area contributed by atoms with Gasteiger partial charge in [-0.1, -0.05) is 44.2 Å². The third-order valence-corrected chi connectivity index (χ3v) is 9.79. The van der Waals surface area contributed by atoms with E-state index >= 15 is 0 Å². The summed E-state index contributed by atoms with van der Waals surface area (Å²) >= 11 is 1.26. The molecular formula is C32H35N5O6S. The van der Waals surface area contributed by atoms with E-state index in [0.717, 1.165) is 16.7 Å². The molecule has 44 heavy (non-hydrogen) atoms. The summed E-state index contributed by atoms with van der Waals surface area (Å²) in [6.45, 7) is 4.32. The van der Waals surface area contributed by atoms with Gasteiger partial charge >= 0.3 is 0 Å². The number of hydrogen-bond acceptors (Lipinski definition) is 8. The molecule has 230 valence electrons. The minimum Gasteiger partial charge on any atom is -0.394 e. The van der Waals surface area contributed by atoms with E-state index in [9.17, 15) is 19.5 Å². The minimum atomic E-state index is -1.11. The molecule has 3 aromatic rings. The lowest BCUT2D eigenvalue weighted by molar-refractivity contribution is -0.152. The molecule has 1 aliphatic carbocycles. The second kappa shape index (κ2) is 11.4. The Morgan fingerprint density at radius 2 is 1.82 bits per heavy atom. The molecule has 1 aromatic heterocycles. The average Bonchev–Trinajstić information content (AvgIpc) is 3.81. The van der Waals surface area contributed by atoms with Crippen LogP contribution >= 0.6 is 11.3 Å². The van der Waals surface area contributed by atoms with Gasteiger partial charge in [-0.15, -0.1) is 11.3 Å². The predicted molar refractivity (Wildman–Crippen MR) is 164 cm³/mol. The number of nitrogen functional groups attached to an aromatic ring is 1. The first-order chi connectivity index (χ1) is 21.0. The molecule has 1 unspecified atom stereocenters. The summed E-state index contributed by atoms with van der Waals surface area (Å²) in [5, 5.41) is 24.9. The number of ether oxygens (including phenoxy) is 2. The fraction of sp³-hybridized carbons (Fsp3) is 0.375. The molecule has 2 aliphatic heterocycles. The zero-order chi connectivity index (χ0) is 31.2. The zero-order valence-corrected chi connectivity index (χ0v) is 25.3. The topological polar surface area (TPSA) is 167 Å². The number of nitrogens with one attached hydrogen (secondary N) is 3. The number of fused-ring (bicyclic) bond motifs is 3. The van der Waals surface area contributed by atoms with Gasteiger partial charge in [-0.2, -0.15) is 0 Å². The van der Waals surface area contributed by atoms with E-state index in [1.54, 1.807) is 17.5 Å². The van der Waals surface area contributed by atoms with Crippen LogP contribution in [0.25, 0.3) is 11.1 Å². The van der Waals surface area contributed by atoms with Crippen LogP contribution in [0.3, 0.4) is 0 Å². The summed E-state index contributed by atoms with van der Waals surface area (Å²) in [6.07, 6.45) is 0.111. The van der Waals surface area contributed by atoms with Crippen molar-refractivity contribution in [2.75, 3.05) is 32.9 Å². The SMILES string of the molecule is CC1(C)c2ccccc2-c2cc(C(=O)NCC(=O)N3CC4(C[C@H]3C(=O)NC(CO)c3cc(C(=N)N)cs3)OCCO4)ccc21. The average molecular weight is 618 g/mol. The monoisotopic (exact) mass is 617 g/mol. The Balaban J connectivity index is 1.16. The van der Waals surface area contributed by atoms with Crippen LogP contribution in [0.1, 0.15) is 58.2 Å². The Kier molecular flexibility index (Phi) is 7.78. The number of aliphatic hydroxyl groups excluding tert-OH is 1. The highest BCUT2D eigenvalue weighted by Gasteiger charge is 2.52. The number of amidine groups is 1. The minimum absolute atomic E-state index is 0.0295. The first-order valence-corrected chi connectivity index (χ1v) is 15.3. The molecule has 0 radical (unpaired) electrons. The molecular weight excluding hydrogens is 582 g/mol. The van der Waals surface area contributed by atoms with Gasteiger partial charge in [-0.05, 0) is 40.5 Å². The molecule has 6 rings (SSSR count). The van der Waals surface area contributed by atoms with Crippen molar-refractivity contribution >= 4 is 34.9 Å². The number of hydrogen-bond donors (Lipinski definition) is 5. The molecule has 12 heteroatoms. The van der Waals surface area contributed by atoms with Crippen molar-refractivity contribution in [1.82, 2.24) is 15.5 Å². The van der Waals surface area contributed by atoms with Gasteiger partial charge < -0.3 is 35.8 Å². The van der Waals surface area contributed by atoms with Crippen molar-refractivity contribution in [2.24, 2.45) is 5.73 Å². The van der Waals surface area contributed by atoms with Crippen molar-refractivity contribution in [2.45, 2.75) is 43.6 Å². The van der Waals surface area contributed by atoms with E-state index < -0.39 is 35.6 Å². The van der Waals surface area contributed by atoms with Crippen LogP contribution in [0.5, 0.6) is 0 Å². The van der Waals surface area contributed by atoms with E-state index in [-0.39, 0.29) is 37.4 Å². The maximum absolute atomic E-state index is 13.5. The number of thiophene rings is 1. The van der Waals surface area contributed by atoms with Crippen molar-refractivity contribution in [3.8, 4) is 11.1 Å². The lowest BCUT2D eigenvalue weighted by Gasteiger charge is -2.25. The number of likely N-dealkylation sites (tertiary alicyclic amines) is 1. The second-order valence-corrected chi connectivity index (χ2v) is 12.8. The Labute approximate surface area is 258 Å². The summed E-state index contributed by atoms with van der Waals surface area (Å²) in [7, 11) is 0. The molecule has 2 fully saturated rings. The van der Waals surface area contributed by atoms with E-state index in [1.807, 2.05) is 24.3 Å². The quantitative estimate of drug-likeness (QED) is 0.191. The maximum Gasteiger partial charge on any atom is 0.251 e. The van der Waals surface area contributed by atoms with Crippen LogP contribution < -0.4 is 16.4 Å².